The van der Waals surface area contributed by atoms with Crippen molar-refractivity contribution in [3.05, 3.63) is 21.7 Å². The highest BCUT2D eigenvalue weighted by Crippen LogP contribution is 2.26. The van der Waals surface area contributed by atoms with Crippen molar-refractivity contribution in [3.63, 3.8) is 0 Å². The highest BCUT2D eigenvalue weighted by Gasteiger charge is 2.13. The fraction of sp³-hybridized carbons (Fsp3) is 0.375. The van der Waals surface area contributed by atoms with Crippen LogP contribution in [0.4, 0.5) is 0 Å². The molecule has 1 N–H and O–H groups in total. The summed E-state index contributed by atoms with van der Waals surface area (Å²) in [5.41, 5.74) is 1.39. The highest BCUT2D eigenvalue weighted by atomic mass is 79.9. The van der Waals surface area contributed by atoms with Gasteiger partial charge in [-0.15, -0.1) is 0 Å². The van der Waals surface area contributed by atoms with Crippen LogP contribution < -0.4 is 0 Å². The van der Waals surface area contributed by atoms with Gasteiger partial charge in [0.25, 0.3) is 0 Å². The van der Waals surface area contributed by atoms with Crippen molar-refractivity contribution in [1.29, 1.82) is 0 Å². The maximum atomic E-state index is 10.6. The summed E-state index contributed by atoms with van der Waals surface area (Å²) in [6, 6.07) is 0. The van der Waals surface area contributed by atoms with Gasteiger partial charge >= 0.3 is 5.97 Å². The Labute approximate surface area is 73.7 Å². The molecule has 0 unspecified atom stereocenters. The van der Waals surface area contributed by atoms with Crippen LogP contribution in [-0.2, 0) is 4.79 Å². The number of hydrogen-bond donors (Lipinski definition) is 1. The fourth-order valence-electron chi connectivity index (χ4n) is 1.04. The molecule has 0 aliphatic heterocycles. The maximum Gasteiger partial charge on any atom is 0.335 e. The van der Waals surface area contributed by atoms with E-state index in [1.807, 2.05) is 6.92 Å². The largest absolute Gasteiger partial charge is 0.478 e. The third-order valence-electron chi connectivity index (χ3n) is 1.73. The van der Waals surface area contributed by atoms with Crippen LogP contribution in [-0.4, -0.2) is 11.1 Å². The fourth-order valence-corrected chi connectivity index (χ4v) is 1.47. The van der Waals surface area contributed by atoms with Crippen LogP contribution in [0.15, 0.2) is 21.7 Å². The van der Waals surface area contributed by atoms with E-state index in [9.17, 15) is 4.79 Å². The van der Waals surface area contributed by atoms with Crippen molar-refractivity contribution in [2.24, 2.45) is 0 Å². The molecule has 1 aliphatic carbocycles. The van der Waals surface area contributed by atoms with E-state index in [0.717, 1.165) is 22.9 Å². The molecular formula is C8H9BrO2. The molecule has 0 fully saturated rings. The van der Waals surface area contributed by atoms with Crippen LogP contribution in [0.3, 0.4) is 0 Å². The topological polar surface area (TPSA) is 37.3 Å². The third-order valence-corrected chi connectivity index (χ3v) is 2.36. The molecule has 0 amide bonds. The number of carboxylic acid groups (broad SMARTS) is 1. The number of aliphatic carboxylic acids is 1. The van der Waals surface area contributed by atoms with Crippen LogP contribution in [0, 0.1) is 0 Å². The predicted octanol–water partition coefficient (Wildman–Crippen LogP) is 2.46. The Balaban J connectivity index is 2.98. The number of carbonyl (C=O) groups is 1. The van der Waals surface area contributed by atoms with Gasteiger partial charge in [0.2, 0.25) is 0 Å². The molecule has 0 bridgehead atoms. The summed E-state index contributed by atoms with van der Waals surface area (Å²) in [4.78, 5) is 10.6. The molecule has 0 spiro atoms. The van der Waals surface area contributed by atoms with E-state index in [1.54, 1.807) is 6.08 Å². The summed E-state index contributed by atoms with van der Waals surface area (Å²) >= 11 is 3.29. The lowest BCUT2D eigenvalue weighted by Crippen LogP contribution is -2.04. The molecule has 0 aromatic rings. The lowest BCUT2D eigenvalue weighted by atomic mass is 9.99. The average Bonchev–Trinajstić information content (AvgIpc) is 1.94. The molecule has 2 nitrogen and oxygen atoms in total. The van der Waals surface area contributed by atoms with Gasteiger partial charge in [0.15, 0.2) is 0 Å². The van der Waals surface area contributed by atoms with Crippen LogP contribution in [0.1, 0.15) is 19.8 Å². The van der Waals surface area contributed by atoms with Crippen molar-refractivity contribution in [1.82, 2.24) is 0 Å². The first-order valence-corrected chi connectivity index (χ1v) is 4.19. The summed E-state index contributed by atoms with van der Waals surface area (Å²) in [6.07, 6.45) is 3.45. The van der Waals surface area contributed by atoms with Crippen molar-refractivity contribution >= 4 is 21.9 Å². The molecule has 1 aliphatic rings. The van der Waals surface area contributed by atoms with E-state index in [1.165, 1.54) is 0 Å². The number of hydrogen-bond acceptors (Lipinski definition) is 1. The van der Waals surface area contributed by atoms with Gasteiger partial charge in [-0.05, 0) is 30.3 Å². The minimum Gasteiger partial charge on any atom is -0.478 e. The van der Waals surface area contributed by atoms with E-state index in [4.69, 9.17) is 5.11 Å². The van der Waals surface area contributed by atoms with Gasteiger partial charge in [-0.3, -0.25) is 0 Å². The second kappa shape index (κ2) is 3.22. The summed E-state index contributed by atoms with van der Waals surface area (Å²) in [6.45, 7) is 1.86. The van der Waals surface area contributed by atoms with Crippen LogP contribution >= 0.6 is 15.9 Å². The summed E-state index contributed by atoms with van der Waals surface area (Å²) < 4.78 is 0.973. The number of halogens is 1. The summed E-state index contributed by atoms with van der Waals surface area (Å²) in [5.74, 6) is -0.834. The lowest BCUT2D eigenvalue weighted by molar-refractivity contribution is -0.132. The van der Waals surface area contributed by atoms with Crippen molar-refractivity contribution in [2.75, 3.05) is 0 Å². The predicted molar refractivity (Wildman–Crippen MR) is 46.6 cm³/mol. The smallest absolute Gasteiger partial charge is 0.335 e. The number of carboxylic acids is 1. The zero-order chi connectivity index (χ0) is 8.43. The molecule has 1 rings (SSSR count). The molecule has 0 aromatic heterocycles. The van der Waals surface area contributed by atoms with Gasteiger partial charge in [-0.1, -0.05) is 21.5 Å². The molecule has 0 saturated heterocycles. The molecule has 0 radical (unpaired) electrons. The minimum atomic E-state index is -0.834. The maximum absolute atomic E-state index is 10.6. The Kier molecular flexibility index (Phi) is 2.49. The van der Waals surface area contributed by atoms with Crippen LogP contribution in [0.5, 0.6) is 0 Å². The van der Waals surface area contributed by atoms with E-state index >= 15 is 0 Å². The monoisotopic (exact) mass is 216 g/mol. The third kappa shape index (κ3) is 1.93. The standard InChI is InChI=1S/C8H9BrO2/c1-5-2-3-6(9)4-7(5)8(10)11/h4H,2-3H2,1H3,(H,10,11). The van der Waals surface area contributed by atoms with E-state index in [0.29, 0.717) is 5.57 Å². The van der Waals surface area contributed by atoms with E-state index in [-0.39, 0.29) is 0 Å². The molecule has 11 heavy (non-hydrogen) atoms. The first-order valence-electron chi connectivity index (χ1n) is 3.40. The zero-order valence-corrected chi connectivity index (χ0v) is 7.81. The first-order chi connectivity index (χ1) is 5.11. The average molecular weight is 217 g/mol. The minimum absolute atomic E-state index is 0.433. The quantitative estimate of drug-likeness (QED) is 0.732. The van der Waals surface area contributed by atoms with Gasteiger partial charge in [0.1, 0.15) is 0 Å². The first kappa shape index (κ1) is 8.53. The van der Waals surface area contributed by atoms with Crippen LogP contribution in [0.25, 0.3) is 0 Å². The number of rotatable bonds is 1. The van der Waals surface area contributed by atoms with Crippen LogP contribution in [0.2, 0.25) is 0 Å². The highest BCUT2D eigenvalue weighted by molar-refractivity contribution is 9.11. The van der Waals surface area contributed by atoms with Gasteiger partial charge < -0.3 is 5.11 Å². The second-order valence-corrected chi connectivity index (χ2v) is 3.61. The Hall–Kier alpha value is -0.570. The molecule has 0 saturated carbocycles. The van der Waals surface area contributed by atoms with Gasteiger partial charge in [-0.2, -0.15) is 0 Å². The Morgan fingerprint density at radius 3 is 2.73 bits per heavy atom. The molecule has 0 heterocycles. The molecule has 0 aromatic carbocycles. The van der Waals surface area contributed by atoms with E-state index < -0.39 is 5.97 Å². The molecule has 0 atom stereocenters. The van der Waals surface area contributed by atoms with Crippen molar-refractivity contribution in [3.8, 4) is 0 Å². The molecular weight excluding hydrogens is 208 g/mol. The van der Waals surface area contributed by atoms with Crippen molar-refractivity contribution < 1.29 is 9.90 Å². The second-order valence-electron chi connectivity index (χ2n) is 2.59. The summed E-state index contributed by atoms with van der Waals surface area (Å²) in [5, 5.41) is 8.70. The Morgan fingerprint density at radius 2 is 2.27 bits per heavy atom. The Morgan fingerprint density at radius 1 is 1.64 bits per heavy atom. The Bertz CT molecular complexity index is 251. The number of allylic oxidation sites excluding steroid dienone is 2. The zero-order valence-electron chi connectivity index (χ0n) is 6.22. The van der Waals surface area contributed by atoms with Gasteiger partial charge in [0.05, 0.1) is 5.57 Å². The summed E-state index contributed by atoms with van der Waals surface area (Å²) in [7, 11) is 0. The van der Waals surface area contributed by atoms with E-state index in [2.05, 4.69) is 15.9 Å². The SMILES string of the molecule is CC1=C(C(=O)O)C=C(Br)CC1. The van der Waals surface area contributed by atoms with Gasteiger partial charge in [0, 0.05) is 0 Å². The molecule has 60 valence electrons. The normalized spacial score (nSPS) is 18.2. The molecule has 3 heteroatoms. The lowest BCUT2D eigenvalue weighted by Gasteiger charge is -2.10. The van der Waals surface area contributed by atoms with Crippen molar-refractivity contribution in [2.45, 2.75) is 19.8 Å². The van der Waals surface area contributed by atoms with Gasteiger partial charge in [-0.25, -0.2) is 4.79 Å².